The van der Waals surface area contributed by atoms with Gasteiger partial charge < -0.3 is 14.2 Å². The molecule has 0 rings (SSSR count). The molecular weight excluding hydrogens is 829 g/mol. The lowest BCUT2D eigenvalue weighted by Gasteiger charge is -2.18. The zero-order chi connectivity index (χ0) is 48.6. The normalized spacial score (nSPS) is 13.1. The van der Waals surface area contributed by atoms with Gasteiger partial charge in [0.1, 0.15) is 13.2 Å². The van der Waals surface area contributed by atoms with E-state index in [-0.39, 0.29) is 44.0 Å². The molecule has 1 atom stereocenters. The second-order valence-corrected chi connectivity index (χ2v) is 17.4. The Morgan fingerprint density at radius 2 is 0.612 bits per heavy atom. The van der Waals surface area contributed by atoms with E-state index in [0.717, 1.165) is 128 Å². The molecule has 0 unspecified atom stereocenters. The topological polar surface area (TPSA) is 78.9 Å². The maximum atomic E-state index is 12.8. The molecule has 0 aliphatic rings. The van der Waals surface area contributed by atoms with Crippen molar-refractivity contribution in [1.29, 1.82) is 0 Å². The van der Waals surface area contributed by atoms with Crippen LogP contribution in [-0.2, 0) is 28.6 Å². The Morgan fingerprint density at radius 1 is 0.313 bits per heavy atom. The maximum absolute atomic E-state index is 12.8. The number of ether oxygens (including phenoxy) is 3. The van der Waals surface area contributed by atoms with Crippen molar-refractivity contribution in [2.75, 3.05) is 13.2 Å². The van der Waals surface area contributed by atoms with Gasteiger partial charge in [-0.2, -0.15) is 0 Å². The van der Waals surface area contributed by atoms with Crippen molar-refractivity contribution in [1.82, 2.24) is 0 Å². The zero-order valence-corrected chi connectivity index (χ0v) is 43.1. The average Bonchev–Trinajstić information content (AvgIpc) is 3.33. The summed E-state index contributed by atoms with van der Waals surface area (Å²) < 4.78 is 16.7. The molecule has 0 spiro atoms. The molecule has 0 aromatic rings. The Labute approximate surface area is 412 Å². The van der Waals surface area contributed by atoms with Gasteiger partial charge in [0, 0.05) is 19.3 Å². The average molecular weight is 927 g/mol. The number of hydrogen-bond donors (Lipinski definition) is 0. The number of esters is 3. The molecule has 67 heavy (non-hydrogen) atoms. The molecule has 0 N–H and O–H groups in total. The van der Waals surface area contributed by atoms with Crippen LogP contribution in [0.5, 0.6) is 0 Å². The van der Waals surface area contributed by atoms with Crippen molar-refractivity contribution in [3.8, 4) is 0 Å². The number of carbonyl (C=O) groups is 3. The van der Waals surface area contributed by atoms with Crippen molar-refractivity contribution in [2.24, 2.45) is 0 Å². The van der Waals surface area contributed by atoms with E-state index in [4.69, 9.17) is 14.2 Å². The summed E-state index contributed by atoms with van der Waals surface area (Å²) in [5.41, 5.74) is 0. The van der Waals surface area contributed by atoms with E-state index < -0.39 is 6.10 Å². The van der Waals surface area contributed by atoms with Crippen LogP contribution >= 0.6 is 0 Å². The summed E-state index contributed by atoms with van der Waals surface area (Å²) in [4.78, 5) is 38.0. The van der Waals surface area contributed by atoms with E-state index >= 15 is 0 Å². The van der Waals surface area contributed by atoms with Gasteiger partial charge in [0.05, 0.1) is 0 Å². The van der Waals surface area contributed by atoms with Gasteiger partial charge in [0.15, 0.2) is 6.10 Å². The van der Waals surface area contributed by atoms with Crippen LogP contribution in [0.4, 0.5) is 0 Å². The first-order valence-corrected chi connectivity index (χ1v) is 27.0. The molecule has 0 saturated carbocycles. The van der Waals surface area contributed by atoms with Gasteiger partial charge in [-0.15, -0.1) is 0 Å². The first-order valence-electron chi connectivity index (χ1n) is 27.0. The standard InChI is InChI=1S/C61H98O6/c1-4-7-10-13-16-19-22-25-28-29-30-31-34-36-39-42-45-48-51-54-60(63)66-57-58(67-61(64)55-52-49-46-43-40-37-33-27-24-21-18-15-12-9-6-3)56-65-59(62)53-50-47-44-41-38-35-32-26-23-20-17-14-11-8-5-2/h7,10,16-21,25-28,30-33,36,39,45,48,58H,4-6,8-9,11-15,22-24,29,34-35,37-38,40-44,46-47,49-57H2,1-3H3/b10-7-,19-16-,20-17-,21-18-,28-25-,31-30-,32-26-,33-27-,39-36-,48-45-/t58-/m0/s1. The van der Waals surface area contributed by atoms with Gasteiger partial charge in [0.25, 0.3) is 0 Å². The van der Waals surface area contributed by atoms with Crippen molar-refractivity contribution < 1.29 is 28.6 Å². The van der Waals surface area contributed by atoms with E-state index in [1.54, 1.807) is 0 Å². The van der Waals surface area contributed by atoms with Gasteiger partial charge in [0.2, 0.25) is 0 Å². The summed E-state index contributed by atoms with van der Waals surface area (Å²) in [6.07, 6.45) is 74.7. The lowest BCUT2D eigenvalue weighted by atomic mass is 10.1. The van der Waals surface area contributed by atoms with Gasteiger partial charge in [-0.25, -0.2) is 0 Å². The lowest BCUT2D eigenvalue weighted by molar-refractivity contribution is -0.166. The number of hydrogen-bond acceptors (Lipinski definition) is 6. The number of allylic oxidation sites excluding steroid dienone is 20. The fourth-order valence-electron chi connectivity index (χ4n) is 6.88. The second kappa shape index (κ2) is 54.4. The summed E-state index contributed by atoms with van der Waals surface area (Å²) >= 11 is 0. The fraction of sp³-hybridized carbons (Fsp3) is 0.623. The summed E-state index contributed by atoms with van der Waals surface area (Å²) in [6, 6.07) is 0. The summed E-state index contributed by atoms with van der Waals surface area (Å²) in [6.45, 7) is 6.37. The minimum absolute atomic E-state index is 0.118. The van der Waals surface area contributed by atoms with E-state index in [0.29, 0.717) is 12.8 Å². The summed E-state index contributed by atoms with van der Waals surface area (Å²) in [5.74, 6) is -1.04. The van der Waals surface area contributed by atoms with Crippen LogP contribution in [0.25, 0.3) is 0 Å². The van der Waals surface area contributed by atoms with Crippen LogP contribution in [0.2, 0.25) is 0 Å². The lowest BCUT2D eigenvalue weighted by Crippen LogP contribution is -2.30. The minimum atomic E-state index is -0.825. The fourth-order valence-corrected chi connectivity index (χ4v) is 6.88. The van der Waals surface area contributed by atoms with Crippen LogP contribution in [0.15, 0.2) is 122 Å². The number of rotatable bonds is 47. The molecule has 0 saturated heterocycles. The second-order valence-electron chi connectivity index (χ2n) is 17.4. The highest BCUT2D eigenvalue weighted by Gasteiger charge is 2.19. The molecule has 0 aliphatic carbocycles. The molecule has 0 aliphatic heterocycles. The SMILES string of the molecule is CC/C=C\C/C=C\C/C=C\C/C=C\C/C=C\C/C=C\CCC(=O)OC[C@H](COC(=O)CCCCCCC/C=C\C/C=C\CCCCC)OC(=O)CCCCCCC/C=C\C/C=C\CCCCC. The molecule has 0 fully saturated rings. The largest absolute Gasteiger partial charge is 0.462 e. The molecule has 0 bridgehead atoms. The van der Waals surface area contributed by atoms with Crippen LogP contribution in [0, 0.1) is 0 Å². The van der Waals surface area contributed by atoms with Crippen LogP contribution < -0.4 is 0 Å². The van der Waals surface area contributed by atoms with E-state index in [1.807, 2.05) is 12.2 Å². The highest BCUT2D eigenvalue weighted by Crippen LogP contribution is 2.12. The maximum Gasteiger partial charge on any atom is 0.306 e. The zero-order valence-electron chi connectivity index (χ0n) is 43.1. The first kappa shape index (κ1) is 62.8. The molecule has 0 amide bonds. The van der Waals surface area contributed by atoms with Gasteiger partial charge >= 0.3 is 17.9 Å². The van der Waals surface area contributed by atoms with Crippen LogP contribution in [0.3, 0.4) is 0 Å². The molecule has 6 heteroatoms. The predicted octanol–water partition coefficient (Wildman–Crippen LogP) is 18.1. The van der Waals surface area contributed by atoms with E-state index in [9.17, 15) is 14.4 Å². The smallest absolute Gasteiger partial charge is 0.306 e. The van der Waals surface area contributed by atoms with E-state index in [2.05, 4.69) is 130 Å². The third kappa shape index (κ3) is 52.6. The Bertz CT molecular complexity index is 1440. The third-order valence-electron chi connectivity index (χ3n) is 10.9. The van der Waals surface area contributed by atoms with Gasteiger partial charge in [-0.1, -0.05) is 206 Å². The Morgan fingerprint density at radius 3 is 1.00 bits per heavy atom. The molecule has 0 radical (unpaired) electrons. The molecule has 6 nitrogen and oxygen atoms in total. The molecular formula is C61H98O6. The van der Waals surface area contributed by atoms with Crippen LogP contribution in [-0.4, -0.2) is 37.2 Å². The number of unbranched alkanes of at least 4 members (excludes halogenated alkanes) is 16. The summed E-state index contributed by atoms with van der Waals surface area (Å²) in [7, 11) is 0. The summed E-state index contributed by atoms with van der Waals surface area (Å²) in [5, 5.41) is 0. The monoisotopic (exact) mass is 927 g/mol. The quantitative estimate of drug-likeness (QED) is 0.0262. The van der Waals surface area contributed by atoms with Crippen molar-refractivity contribution in [3.05, 3.63) is 122 Å². The molecule has 0 heterocycles. The molecule has 378 valence electrons. The minimum Gasteiger partial charge on any atom is -0.462 e. The van der Waals surface area contributed by atoms with Gasteiger partial charge in [-0.3, -0.25) is 14.4 Å². The molecule has 0 aromatic carbocycles. The first-order chi connectivity index (χ1) is 33.0. The van der Waals surface area contributed by atoms with Crippen molar-refractivity contribution >= 4 is 17.9 Å². The Hall–Kier alpha value is -4.19. The Balaban J connectivity index is 4.57. The van der Waals surface area contributed by atoms with Crippen molar-refractivity contribution in [2.45, 2.75) is 232 Å². The van der Waals surface area contributed by atoms with E-state index in [1.165, 1.54) is 51.4 Å². The number of carbonyl (C=O) groups excluding carboxylic acids is 3. The molecule has 0 aromatic heterocycles. The van der Waals surface area contributed by atoms with Gasteiger partial charge in [-0.05, 0) is 122 Å². The van der Waals surface area contributed by atoms with Crippen LogP contribution in [0.1, 0.15) is 226 Å². The Kier molecular flexibility index (Phi) is 51.0. The third-order valence-corrected chi connectivity index (χ3v) is 10.9. The van der Waals surface area contributed by atoms with Crippen molar-refractivity contribution in [3.63, 3.8) is 0 Å². The highest BCUT2D eigenvalue weighted by molar-refractivity contribution is 5.71. The highest BCUT2D eigenvalue weighted by atomic mass is 16.6. The predicted molar refractivity (Wildman–Crippen MR) is 288 cm³/mol.